The summed E-state index contributed by atoms with van der Waals surface area (Å²) in [6, 6.07) is 16.1. The van der Waals surface area contributed by atoms with Gasteiger partial charge in [-0.2, -0.15) is 10.1 Å². The SMILES string of the molecule is O=S(=O)(Nc1ncn[nH]1)c1ccccc1-c1ccccc1. The quantitative estimate of drug-likeness (QED) is 0.773. The molecule has 0 spiro atoms. The monoisotopic (exact) mass is 300 g/mol. The summed E-state index contributed by atoms with van der Waals surface area (Å²) in [7, 11) is -3.75. The number of aromatic amines is 1. The van der Waals surface area contributed by atoms with Gasteiger partial charge in [-0.05, 0) is 11.6 Å². The number of anilines is 1. The fourth-order valence-electron chi connectivity index (χ4n) is 1.99. The van der Waals surface area contributed by atoms with Gasteiger partial charge < -0.3 is 0 Å². The first-order valence-corrected chi connectivity index (χ1v) is 7.68. The molecule has 0 saturated carbocycles. The van der Waals surface area contributed by atoms with Crippen LogP contribution in [0, 0.1) is 0 Å². The molecule has 0 unspecified atom stereocenters. The molecule has 7 heteroatoms. The van der Waals surface area contributed by atoms with Gasteiger partial charge in [-0.3, -0.25) is 0 Å². The number of sulfonamides is 1. The van der Waals surface area contributed by atoms with Crippen molar-refractivity contribution in [1.29, 1.82) is 0 Å². The Morgan fingerprint density at radius 1 is 0.952 bits per heavy atom. The van der Waals surface area contributed by atoms with Crippen LogP contribution in [-0.2, 0) is 10.0 Å². The first kappa shape index (κ1) is 13.3. The summed E-state index contributed by atoms with van der Waals surface area (Å²) >= 11 is 0. The first-order chi connectivity index (χ1) is 10.2. The lowest BCUT2D eigenvalue weighted by molar-refractivity contribution is 0.601. The van der Waals surface area contributed by atoms with E-state index in [0.717, 1.165) is 5.56 Å². The molecule has 1 heterocycles. The predicted molar refractivity (Wildman–Crippen MR) is 79.1 cm³/mol. The molecule has 0 aliphatic heterocycles. The van der Waals surface area contributed by atoms with Crippen molar-refractivity contribution in [3.63, 3.8) is 0 Å². The van der Waals surface area contributed by atoms with Gasteiger partial charge in [0.2, 0.25) is 5.95 Å². The summed E-state index contributed by atoms with van der Waals surface area (Å²) < 4.78 is 27.4. The highest BCUT2D eigenvalue weighted by Crippen LogP contribution is 2.27. The Hall–Kier alpha value is -2.67. The van der Waals surface area contributed by atoms with Crippen molar-refractivity contribution >= 4 is 16.0 Å². The standard InChI is InChI=1S/C14H12N4O2S/c19-21(20,18-14-15-10-16-17-14)13-9-5-4-8-12(13)11-6-2-1-3-7-11/h1-10H,(H2,15,16,17,18). The van der Waals surface area contributed by atoms with E-state index in [0.29, 0.717) is 5.56 Å². The minimum Gasteiger partial charge on any atom is -0.248 e. The molecule has 21 heavy (non-hydrogen) atoms. The van der Waals surface area contributed by atoms with Crippen LogP contribution in [0.3, 0.4) is 0 Å². The zero-order chi connectivity index (χ0) is 14.7. The molecule has 0 atom stereocenters. The van der Waals surface area contributed by atoms with Gasteiger partial charge >= 0.3 is 0 Å². The number of hydrogen-bond donors (Lipinski definition) is 2. The fourth-order valence-corrected chi connectivity index (χ4v) is 3.19. The van der Waals surface area contributed by atoms with Crippen molar-refractivity contribution in [1.82, 2.24) is 15.2 Å². The molecule has 3 aromatic rings. The Morgan fingerprint density at radius 2 is 1.67 bits per heavy atom. The fraction of sp³-hybridized carbons (Fsp3) is 0. The van der Waals surface area contributed by atoms with E-state index in [1.807, 2.05) is 30.3 Å². The molecule has 0 aliphatic carbocycles. The van der Waals surface area contributed by atoms with Crippen LogP contribution in [0.2, 0.25) is 0 Å². The summed E-state index contributed by atoms with van der Waals surface area (Å²) in [5.74, 6) is 0.0814. The van der Waals surface area contributed by atoms with Crippen LogP contribution in [0.4, 0.5) is 5.95 Å². The Balaban J connectivity index is 2.07. The third-order valence-corrected chi connectivity index (χ3v) is 4.30. The molecule has 0 bridgehead atoms. The van der Waals surface area contributed by atoms with Crippen LogP contribution in [0.5, 0.6) is 0 Å². The molecule has 0 radical (unpaired) electrons. The Kier molecular flexibility index (Phi) is 3.41. The average molecular weight is 300 g/mol. The predicted octanol–water partition coefficient (Wildman–Crippen LogP) is 2.27. The lowest BCUT2D eigenvalue weighted by Gasteiger charge is -2.10. The minimum atomic E-state index is -3.75. The number of aromatic nitrogens is 3. The van der Waals surface area contributed by atoms with Gasteiger partial charge in [0.15, 0.2) is 0 Å². The number of benzene rings is 2. The third-order valence-electron chi connectivity index (χ3n) is 2.91. The topological polar surface area (TPSA) is 87.7 Å². The highest BCUT2D eigenvalue weighted by Gasteiger charge is 2.20. The zero-order valence-corrected chi connectivity index (χ0v) is 11.7. The van der Waals surface area contributed by atoms with Crippen LogP contribution in [-0.4, -0.2) is 23.6 Å². The van der Waals surface area contributed by atoms with E-state index in [1.54, 1.807) is 24.3 Å². The van der Waals surface area contributed by atoms with Crippen LogP contribution in [0.15, 0.2) is 65.8 Å². The van der Waals surface area contributed by atoms with Gasteiger partial charge in [0.05, 0.1) is 4.90 Å². The molecule has 0 amide bonds. The van der Waals surface area contributed by atoms with E-state index < -0.39 is 10.0 Å². The van der Waals surface area contributed by atoms with Gasteiger partial charge in [-0.1, -0.05) is 48.5 Å². The maximum atomic E-state index is 12.5. The molecule has 1 aromatic heterocycles. The van der Waals surface area contributed by atoms with Gasteiger partial charge in [-0.25, -0.2) is 18.2 Å². The normalized spacial score (nSPS) is 11.2. The summed E-state index contributed by atoms with van der Waals surface area (Å²) in [5.41, 5.74) is 1.46. The van der Waals surface area contributed by atoms with Gasteiger partial charge in [0, 0.05) is 5.56 Å². The lowest BCUT2D eigenvalue weighted by atomic mass is 10.1. The Morgan fingerprint density at radius 3 is 2.38 bits per heavy atom. The molecule has 3 rings (SSSR count). The van der Waals surface area contributed by atoms with Crippen LogP contribution >= 0.6 is 0 Å². The number of nitrogens with one attached hydrogen (secondary N) is 2. The Labute approximate surface area is 121 Å². The van der Waals surface area contributed by atoms with Crippen molar-refractivity contribution < 1.29 is 8.42 Å². The van der Waals surface area contributed by atoms with Crippen molar-refractivity contribution in [3.8, 4) is 11.1 Å². The number of nitrogens with zero attached hydrogens (tertiary/aromatic N) is 2. The summed E-state index contributed by atoms with van der Waals surface area (Å²) in [4.78, 5) is 3.96. The zero-order valence-electron chi connectivity index (χ0n) is 10.9. The lowest BCUT2D eigenvalue weighted by Crippen LogP contribution is -2.15. The van der Waals surface area contributed by atoms with Crippen LogP contribution in [0.25, 0.3) is 11.1 Å². The van der Waals surface area contributed by atoms with E-state index in [9.17, 15) is 8.42 Å². The van der Waals surface area contributed by atoms with Gasteiger partial charge in [0.25, 0.3) is 10.0 Å². The van der Waals surface area contributed by atoms with Crippen LogP contribution in [0.1, 0.15) is 0 Å². The van der Waals surface area contributed by atoms with Crippen molar-refractivity contribution in [3.05, 3.63) is 60.9 Å². The highest BCUT2D eigenvalue weighted by atomic mass is 32.2. The minimum absolute atomic E-state index is 0.0814. The molecule has 2 N–H and O–H groups in total. The number of H-pyrrole nitrogens is 1. The smallest absolute Gasteiger partial charge is 0.248 e. The molecular weight excluding hydrogens is 288 g/mol. The average Bonchev–Trinajstić information content (AvgIpc) is 3.00. The molecule has 0 fully saturated rings. The molecule has 6 nitrogen and oxygen atoms in total. The highest BCUT2D eigenvalue weighted by molar-refractivity contribution is 7.92. The second-order valence-corrected chi connectivity index (χ2v) is 5.95. The molecule has 106 valence electrons. The Bertz CT molecular complexity index is 830. The second kappa shape index (κ2) is 5.37. The second-order valence-electron chi connectivity index (χ2n) is 4.30. The maximum Gasteiger partial charge on any atom is 0.264 e. The van der Waals surface area contributed by atoms with E-state index in [1.165, 1.54) is 6.33 Å². The molecule has 0 saturated heterocycles. The van der Waals surface area contributed by atoms with Gasteiger partial charge in [-0.15, -0.1) is 0 Å². The summed E-state index contributed by atoms with van der Waals surface area (Å²) in [5, 5.41) is 6.09. The van der Waals surface area contributed by atoms with Gasteiger partial charge in [0.1, 0.15) is 6.33 Å². The van der Waals surface area contributed by atoms with Crippen LogP contribution < -0.4 is 4.72 Å². The summed E-state index contributed by atoms with van der Waals surface area (Å²) in [6.07, 6.45) is 1.24. The largest absolute Gasteiger partial charge is 0.264 e. The number of hydrogen-bond acceptors (Lipinski definition) is 4. The van der Waals surface area contributed by atoms with E-state index in [-0.39, 0.29) is 10.8 Å². The molecular formula is C14H12N4O2S. The maximum absolute atomic E-state index is 12.5. The third kappa shape index (κ3) is 2.77. The summed E-state index contributed by atoms with van der Waals surface area (Å²) in [6.45, 7) is 0. The van der Waals surface area contributed by atoms with Crippen molar-refractivity contribution in [2.75, 3.05) is 4.72 Å². The molecule has 2 aromatic carbocycles. The van der Waals surface area contributed by atoms with E-state index in [4.69, 9.17) is 0 Å². The van der Waals surface area contributed by atoms with Crippen molar-refractivity contribution in [2.45, 2.75) is 4.90 Å². The van der Waals surface area contributed by atoms with Crippen molar-refractivity contribution in [2.24, 2.45) is 0 Å². The molecule has 0 aliphatic rings. The van der Waals surface area contributed by atoms with E-state index >= 15 is 0 Å². The number of rotatable bonds is 4. The van der Waals surface area contributed by atoms with E-state index in [2.05, 4.69) is 19.9 Å². The first-order valence-electron chi connectivity index (χ1n) is 6.19.